The van der Waals surface area contributed by atoms with Gasteiger partial charge in [-0.05, 0) is 32.0 Å². The van der Waals surface area contributed by atoms with E-state index in [4.69, 9.17) is 4.84 Å². The molecule has 0 fully saturated rings. The van der Waals surface area contributed by atoms with Crippen molar-refractivity contribution in [3.8, 4) is 0 Å². The average Bonchev–Trinajstić information content (AvgIpc) is 3.15. The zero-order chi connectivity index (χ0) is 19.1. The molecule has 0 atom stereocenters. The molecule has 2 aromatic rings. The lowest BCUT2D eigenvalue weighted by molar-refractivity contribution is -0.0588. The van der Waals surface area contributed by atoms with Crippen LogP contribution in [0.4, 0.5) is 0 Å². The lowest BCUT2D eigenvalue weighted by Gasteiger charge is -2.11. The number of fused-ring (bicyclic) bond motifs is 1. The van der Waals surface area contributed by atoms with E-state index >= 15 is 0 Å². The van der Waals surface area contributed by atoms with E-state index in [2.05, 4.69) is 9.71 Å². The first kappa shape index (κ1) is 17.8. The second-order valence-corrected chi connectivity index (χ2v) is 7.57. The Morgan fingerprint density at radius 3 is 2.27 bits per heavy atom. The van der Waals surface area contributed by atoms with E-state index in [1.807, 2.05) is 0 Å². The molecule has 2 amide bonds. The zero-order valence-electron chi connectivity index (χ0n) is 13.8. The maximum atomic E-state index is 12.2. The molecule has 0 saturated carbocycles. The van der Waals surface area contributed by atoms with Crippen LogP contribution in [0.3, 0.4) is 0 Å². The first-order chi connectivity index (χ1) is 12.2. The summed E-state index contributed by atoms with van der Waals surface area (Å²) >= 11 is 0. The Kier molecular flexibility index (Phi) is 4.38. The van der Waals surface area contributed by atoms with Gasteiger partial charge in [-0.15, -0.1) is 0 Å². The summed E-state index contributed by atoms with van der Waals surface area (Å²) in [5.74, 6) is -2.59. The molecule has 1 aromatic carbocycles. The summed E-state index contributed by atoms with van der Waals surface area (Å²) in [7, 11) is -3.80. The molecule has 0 unspecified atom stereocenters. The third-order valence-corrected chi connectivity index (χ3v) is 5.15. The van der Waals surface area contributed by atoms with Gasteiger partial charge in [-0.25, -0.2) is 17.9 Å². The Hall–Kier alpha value is -2.98. The number of hydrogen-bond acceptors (Lipinski definition) is 6. The molecule has 0 radical (unpaired) electrons. The molecule has 26 heavy (non-hydrogen) atoms. The number of hydrogen-bond donors (Lipinski definition) is 2. The van der Waals surface area contributed by atoms with Crippen molar-refractivity contribution in [2.24, 2.45) is 0 Å². The number of aromatic nitrogens is 1. The Morgan fingerprint density at radius 2 is 1.73 bits per heavy atom. The van der Waals surface area contributed by atoms with E-state index in [0.717, 1.165) is 12.3 Å². The molecule has 2 N–H and O–H groups in total. The van der Waals surface area contributed by atoms with E-state index in [0.29, 0.717) is 5.06 Å². The van der Waals surface area contributed by atoms with Crippen LogP contribution in [-0.4, -0.2) is 42.3 Å². The Balaban J connectivity index is 1.78. The quantitative estimate of drug-likeness (QED) is 0.751. The summed E-state index contributed by atoms with van der Waals surface area (Å²) in [5.41, 5.74) is 0.0352. The second-order valence-electron chi connectivity index (χ2n) is 5.85. The minimum Gasteiger partial charge on any atom is -0.354 e. The highest BCUT2D eigenvalue weighted by Gasteiger charge is 2.39. The van der Waals surface area contributed by atoms with Crippen LogP contribution in [-0.2, 0) is 14.9 Å². The van der Waals surface area contributed by atoms with Gasteiger partial charge in [-0.2, -0.15) is 0 Å². The highest BCUT2D eigenvalue weighted by atomic mass is 32.2. The van der Waals surface area contributed by atoms with Crippen LogP contribution in [0.25, 0.3) is 0 Å². The van der Waals surface area contributed by atoms with Gasteiger partial charge in [0.25, 0.3) is 11.8 Å². The van der Waals surface area contributed by atoms with Crippen LogP contribution in [0.2, 0.25) is 0 Å². The zero-order valence-corrected chi connectivity index (χ0v) is 14.7. The van der Waals surface area contributed by atoms with Crippen molar-refractivity contribution in [2.45, 2.75) is 24.8 Å². The van der Waals surface area contributed by atoms with Crippen molar-refractivity contribution >= 4 is 27.8 Å². The Bertz CT molecular complexity index is 973. The van der Waals surface area contributed by atoms with Crippen molar-refractivity contribution in [3.63, 3.8) is 0 Å². The van der Waals surface area contributed by atoms with Gasteiger partial charge < -0.3 is 9.82 Å². The highest BCUT2D eigenvalue weighted by molar-refractivity contribution is 7.89. The minimum absolute atomic E-state index is 0.126. The number of carbonyl (C=O) groups excluding carboxylic acids is 3. The summed E-state index contributed by atoms with van der Waals surface area (Å²) in [6, 6.07) is 6.79. The molecule has 3 rings (SSSR count). The lowest BCUT2D eigenvalue weighted by atomic mass is 10.1. The van der Waals surface area contributed by atoms with Gasteiger partial charge in [-0.1, -0.05) is 17.2 Å². The molecule has 1 aromatic heterocycles. The van der Waals surface area contributed by atoms with E-state index < -0.39 is 27.8 Å². The third-order valence-electron chi connectivity index (χ3n) is 3.51. The number of aromatic amines is 1. The molecule has 1 aliphatic rings. The van der Waals surface area contributed by atoms with Crippen LogP contribution >= 0.6 is 0 Å². The molecule has 0 bridgehead atoms. The summed E-state index contributed by atoms with van der Waals surface area (Å²) in [4.78, 5) is 43.7. The number of hydroxylamine groups is 2. The number of nitrogens with one attached hydrogen (secondary N) is 2. The van der Waals surface area contributed by atoms with Crippen LogP contribution in [0.15, 0.2) is 41.4 Å². The van der Waals surface area contributed by atoms with E-state index in [1.54, 1.807) is 26.0 Å². The molecule has 10 heteroatoms. The highest BCUT2D eigenvalue weighted by Crippen LogP contribution is 2.23. The van der Waals surface area contributed by atoms with Gasteiger partial charge in [0.1, 0.15) is 10.6 Å². The van der Waals surface area contributed by atoms with Crippen LogP contribution in [0, 0.1) is 0 Å². The largest absolute Gasteiger partial charge is 0.380 e. The van der Waals surface area contributed by atoms with E-state index in [-0.39, 0.29) is 27.8 Å². The second kappa shape index (κ2) is 6.39. The number of nitrogens with zero attached hydrogens (tertiary/aromatic N) is 1. The minimum atomic E-state index is -3.80. The van der Waals surface area contributed by atoms with Gasteiger partial charge in [0.15, 0.2) is 0 Å². The number of H-pyrrole nitrogens is 1. The van der Waals surface area contributed by atoms with Crippen LogP contribution in [0.1, 0.15) is 45.1 Å². The van der Waals surface area contributed by atoms with Crippen molar-refractivity contribution in [2.75, 3.05) is 0 Å². The van der Waals surface area contributed by atoms with Gasteiger partial charge in [0.05, 0.1) is 11.1 Å². The standard InChI is InChI=1S/C16H15N3O6S/c1-9(2)18-26(23,24)10-7-13(17-8-10)16(22)25-19-14(20)11-5-3-4-6-12(11)15(19)21/h3-9,17-18H,1-2H3. The maximum absolute atomic E-state index is 12.2. The maximum Gasteiger partial charge on any atom is 0.380 e. The number of amides is 2. The fourth-order valence-corrected chi connectivity index (χ4v) is 3.65. The number of sulfonamides is 1. The fraction of sp³-hybridized carbons (Fsp3) is 0.188. The molecular formula is C16H15N3O6S. The molecule has 2 heterocycles. The first-order valence-electron chi connectivity index (χ1n) is 7.61. The number of carbonyl (C=O) groups is 3. The fourth-order valence-electron chi connectivity index (χ4n) is 2.41. The summed E-state index contributed by atoms with van der Waals surface area (Å²) in [6.45, 7) is 3.31. The number of imide groups is 1. The molecule has 136 valence electrons. The number of benzene rings is 1. The van der Waals surface area contributed by atoms with Crippen molar-refractivity contribution < 1.29 is 27.6 Å². The molecule has 1 aliphatic heterocycles. The Morgan fingerprint density at radius 1 is 1.15 bits per heavy atom. The van der Waals surface area contributed by atoms with Gasteiger partial charge in [-0.3, -0.25) is 9.59 Å². The molecule has 0 aliphatic carbocycles. The third kappa shape index (κ3) is 3.11. The topological polar surface area (TPSA) is 126 Å². The summed E-state index contributed by atoms with van der Waals surface area (Å²) in [5, 5.41) is 0.356. The van der Waals surface area contributed by atoms with Gasteiger partial charge in [0.2, 0.25) is 10.0 Å². The smallest absolute Gasteiger partial charge is 0.354 e. The van der Waals surface area contributed by atoms with Crippen molar-refractivity contribution in [3.05, 3.63) is 53.3 Å². The average molecular weight is 377 g/mol. The van der Waals surface area contributed by atoms with Crippen LogP contribution < -0.4 is 4.72 Å². The molecule has 0 spiro atoms. The predicted octanol–water partition coefficient (Wildman–Crippen LogP) is 1.07. The van der Waals surface area contributed by atoms with Crippen molar-refractivity contribution in [1.29, 1.82) is 0 Å². The first-order valence-corrected chi connectivity index (χ1v) is 9.10. The van der Waals surface area contributed by atoms with Crippen molar-refractivity contribution in [1.82, 2.24) is 14.8 Å². The van der Waals surface area contributed by atoms with Gasteiger partial charge >= 0.3 is 5.97 Å². The summed E-state index contributed by atoms with van der Waals surface area (Å²) < 4.78 is 26.5. The lowest BCUT2D eigenvalue weighted by Crippen LogP contribution is -2.32. The number of rotatable bonds is 5. The molecular weight excluding hydrogens is 362 g/mol. The van der Waals surface area contributed by atoms with E-state index in [9.17, 15) is 22.8 Å². The molecule has 9 nitrogen and oxygen atoms in total. The normalized spacial score (nSPS) is 14.0. The van der Waals surface area contributed by atoms with Crippen LogP contribution in [0.5, 0.6) is 0 Å². The molecule has 0 saturated heterocycles. The van der Waals surface area contributed by atoms with Gasteiger partial charge in [0, 0.05) is 12.2 Å². The predicted molar refractivity (Wildman–Crippen MR) is 88.6 cm³/mol. The monoisotopic (exact) mass is 377 g/mol. The Labute approximate surface area is 149 Å². The summed E-state index contributed by atoms with van der Waals surface area (Å²) in [6.07, 6.45) is 1.11. The van der Waals surface area contributed by atoms with E-state index in [1.165, 1.54) is 12.1 Å². The SMILES string of the molecule is CC(C)NS(=O)(=O)c1c[nH]c(C(=O)ON2C(=O)c3ccccc3C2=O)c1.